The Bertz CT molecular complexity index is 1060. The van der Waals surface area contributed by atoms with Crippen LogP contribution >= 0.6 is 0 Å². The van der Waals surface area contributed by atoms with Crippen LogP contribution in [0.3, 0.4) is 0 Å². The molecule has 0 saturated carbocycles. The second-order valence-electron chi connectivity index (χ2n) is 5.68. The van der Waals surface area contributed by atoms with Crippen LogP contribution in [0, 0.1) is 0 Å². The zero-order valence-electron chi connectivity index (χ0n) is 13.6. The Labute approximate surface area is 144 Å². The lowest BCUT2D eigenvalue weighted by atomic mass is 10.0. The number of hydrogen-bond donors (Lipinski definition) is 0. The number of carbonyl (C=O) groups is 1. The molecule has 4 heteroatoms. The molecule has 0 aliphatic heterocycles. The van der Waals surface area contributed by atoms with Gasteiger partial charge >= 0.3 is 5.97 Å². The average Bonchev–Trinajstić information content (AvgIpc) is 3.17. The highest BCUT2D eigenvalue weighted by Crippen LogP contribution is 2.31. The van der Waals surface area contributed by atoms with Crippen molar-refractivity contribution in [1.29, 1.82) is 0 Å². The molecule has 4 aromatic rings. The van der Waals surface area contributed by atoms with Crippen LogP contribution in [0.4, 0.5) is 0 Å². The molecule has 0 amide bonds. The molecule has 0 aliphatic rings. The summed E-state index contributed by atoms with van der Waals surface area (Å²) in [7, 11) is 1.36. The monoisotopic (exact) mass is 329 g/mol. The van der Waals surface area contributed by atoms with Gasteiger partial charge in [-0.2, -0.15) is 0 Å². The Hall–Kier alpha value is -3.40. The number of rotatable bonds is 3. The van der Waals surface area contributed by atoms with Gasteiger partial charge in [-0.25, -0.2) is 4.79 Å². The first-order valence-corrected chi connectivity index (χ1v) is 7.90. The quantitative estimate of drug-likeness (QED) is 0.499. The molecule has 3 aromatic carbocycles. The summed E-state index contributed by atoms with van der Waals surface area (Å²) in [4.78, 5) is 11.7. The molecule has 0 radical (unpaired) electrons. The molecule has 0 N–H and O–H groups in total. The summed E-state index contributed by atoms with van der Waals surface area (Å²) in [5, 5.41) is 6.42. The minimum atomic E-state index is -0.375. The van der Waals surface area contributed by atoms with Crippen molar-refractivity contribution in [2.24, 2.45) is 0 Å². The summed E-state index contributed by atoms with van der Waals surface area (Å²) in [6.07, 6.45) is 0. The molecule has 4 nitrogen and oxygen atoms in total. The molecule has 0 saturated heterocycles. The predicted molar refractivity (Wildman–Crippen MR) is 96.2 cm³/mol. The van der Waals surface area contributed by atoms with Crippen LogP contribution in [0.1, 0.15) is 10.4 Å². The number of benzene rings is 3. The summed E-state index contributed by atoms with van der Waals surface area (Å²) in [6, 6.07) is 23.2. The number of methoxy groups -OCH3 is 1. The highest BCUT2D eigenvalue weighted by molar-refractivity contribution is 5.96. The van der Waals surface area contributed by atoms with E-state index in [2.05, 4.69) is 23.4 Å². The fraction of sp³-hybridized carbons (Fsp3) is 0.0476. The molecule has 0 bridgehead atoms. The number of ether oxygens (including phenoxy) is 1. The molecule has 122 valence electrons. The Balaban J connectivity index is 1.77. The van der Waals surface area contributed by atoms with E-state index in [1.165, 1.54) is 7.11 Å². The third kappa shape index (κ3) is 2.78. The summed E-state index contributed by atoms with van der Waals surface area (Å²) in [5.74, 6) is 0.315. The first-order chi connectivity index (χ1) is 12.3. The van der Waals surface area contributed by atoms with Crippen molar-refractivity contribution in [3.05, 3.63) is 78.4 Å². The largest absolute Gasteiger partial charge is 0.465 e. The van der Waals surface area contributed by atoms with E-state index in [1.54, 1.807) is 18.2 Å². The van der Waals surface area contributed by atoms with Gasteiger partial charge in [0.2, 0.25) is 0 Å². The molecule has 0 aliphatic carbocycles. The molecular weight excluding hydrogens is 314 g/mol. The van der Waals surface area contributed by atoms with E-state index in [0.29, 0.717) is 17.0 Å². The van der Waals surface area contributed by atoms with Gasteiger partial charge < -0.3 is 9.26 Å². The van der Waals surface area contributed by atoms with Crippen LogP contribution in [-0.2, 0) is 4.74 Å². The Morgan fingerprint density at radius 2 is 1.76 bits per heavy atom. The van der Waals surface area contributed by atoms with Crippen molar-refractivity contribution in [3.63, 3.8) is 0 Å². The van der Waals surface area contributed by atoms with Gasteiger partial charge in [-0.1, -0.05) is 59.8 Å². The molecule has 4 rings (SSSR count). The fourth-order valence-electron chi connectivity index (χ4n) is 2.90. The second kappa shape index (κ2) is 6.24. The third-order valence-electron chi connectivity index (χ3n) is 4.14. The van der Waals surface area contributed by atoms with Gasteiger partial charge in [0.1, 0.15) is 5.69 Å². The number of hydrogen-bond acceptors (Lipinski definition) is 4. The Morgan fingerprint density at radius 3 is 2.64 bits per heavy atom. The average molecular weight is 329 g/mol. The van der Waals surface area contributed by atoms with E-state index in [4.69, 9.17) is 9.26 Å². The van der Waals surface area contributed by atoms with E-state index in [9.17, 15) is 4.79 Å². The standard InChI is InChI=1S/C21H15NO3/c1-24-21(23)16-9-4-8-15(12-16)19-13-20(25-22-19)18-11-5-7-14-6-2-3-10-17(14)18/h2-13H,1H3. The first kappa shape index (κ1) is 15.1. The molecule has 25 heavy (non-hydrogen) atoms. The van der Waals surface area contributed by atoms with E-state index in [0.717, 1.165) is 21.9 Å². The number of esters is 1. The number of carbonyl (C=O) groups excluding carboxylic acids is 1. The maximum absolute atomic E-state index is 11.7. The summed E-state index contributed by atoms with van der Waals surface area (Å²) >= 11 is 0. The van der Waals surface area contributed by atoms with Crippen LogP contribution in [0.25, 0.3) is 33.4 Å². The molecule has 0 unspecified atom stereocenters. The maximum Gasteiger partial charge on any atom is 0.337 e. The predicted octanol–water partition coefficient (Wildman–Crippen LogP) is 4.95. The third-order valence-corrected chi connectivity index (χ3v) is 4.14. The number of nitrogens with zero attached hydrogens (tertiary/aromatic N) is 1. The Kier molecular flexibility index (Phi) is 3.78. The van der Waals surface area contributed by atoms with E-state index >= 15 is 0 Å². The number of aromatic nitrogens is 1. The van der Waals surface area contributed by atoms with Crippen molar-refractivity contribution < 1.29 is 14.1 Å². The van der Waals surface area contributed by atoms with Crippen molar-refractivity contribution in [1.82, 2.24) is 5.16 Å². The van der Waals surface area contributed by atoms with Gasteiger partial charge in [0.15, 0.2) is 5.76 Å². The smallest absolute Gasteiger partial charge is 0.337 e. The topological polar surface area (TPSA) is 52.3 Å². The molecule has 1 aromatic heterocycles. The SMILES string of the molecule is COC(=O)c1cccc(-c2cc(-c3cccc4ccccc34)on2)c1. The van der Waals surface area contributed by atoms with E-state index in [-0.39, 0.29) is 5.97 Å². The van der Waals surface area contributed by atoms with Crippen LogP contribution in [0.15, 0.2) is 77.3 Å². The van der Waals surface area contributed by atoms with Crippen molar-refractivity contribution in [3.8, 4) is 22.6 Å². The highest BCUT2D eigenvalue weighted by Gasteiger charge is 2.13. The summed E-state index contributed by atoms with van der Waals surface area (Å²) < 4.78 is 10.3. The lowest BCUT2D eigenvalue weighted by Gasteiger charge is -2.02. The van der Waals surface area contributed by atoms with Gasteiger partial charge in [0.25, 0.3) is 0 Å². The molecular formula is C21H15NO3. The number of fused-ring (bicyclic) bond motifs is 1. The molecule has 0 atom stereocenters. The minimum absolute atomic E-state index is 0.375. The minimum Gasteiger partial charge on any atom is -0.465 e. The zero-order valence-corrected chi connectivity index (χ0v) is 13.6. The maximum atomic E-state index is 11.7. The van der Waals surface area contributed by atoms with Crippen molar-refractivity contribution in [2.45, 2.75) is 0 Å². The summed E-state index contributed by atoms with van der Waals surface area (Å²) in [6.45, 7) is 0. The second-order valence-corrected chi connectivity index (χ2v) is 5.68. The van der Waals surface area contributed by atoms with Crippen LogP contribution in [-0.4, -0.2) is 18.2 Å². The van der Waals surface area contributed by atoms with Gasteiger partial charge in [-0.15, -0.1) is 0 Å². The van der Waals surface area contributed by atoms with Crippen LogP contribution in [0.2, 0.25) is 0 Å². The van der Waals surface area contributed by atoms with Crippen LogP contribution < -0.4 is 0 Å². The fourth-order valence-corrected chi connectivity index (χ4v) is 2.90. The Morgan fingerprint density at radius 1 is 0.960 bits per heavy atom. The van der Waals surface area contributed by atoms with Gasteiger partial charge in [-0.3, -0.25) is 0 Å². The molecule has 0 fully saturated rings. The molecule has 0 spiro atoms. The first-order valence-electron chi connectivity index (χ1n) is 7.90. The lowest BCUT2D eigenvalue weighted by Crippen LogP contribution is -2.00. The lowest BCUT2D eigenvalue weighted by molar-refractivity contribution is 0.0601. The molecule has 1 heterocycles. The van der Waals surface area contributed by atoms with Gasteiger partial charge in [-0.05, 0) is 22.9 Å². The van der Waals surface area contributed by atoms with Crippen molar-refractivity contribution >= 4 is 16.7 Å². The van der Waals surface area contributed by atoms with Crippen LogP contribution in [0.5, 0.6) is 0 Å². The highest BCUT2D eigenvalue weighted by atomic mass is 16.5. The normalized spacial score (nSPS) is 10.8. The van der Waals surface area contributed by atoms with E-state index < -0.39 is 0 Å². The van der Waals surface area contributed by atoms with Gasteiger partial charge in [0.05, 0.1) is 12.7 Å². The summed E-state index contributed by atoms with van der Waals surface area (Å²) in [5.41, 5.74) is 2.95. The zero-order chi connectivity index (χ0) is 17.2. The van der Waals surface area contributed by atoms with E-state index in [1.807, 2.05) is 36.4 Å². The van der Waals surface area contributed by atoms with Crippen molar-refractivity contribution in [2.75, 3.05) is 7.11 Å². The van der Waals surface area contributed by atoms with Gasteiger partial charge in [0, 0.05) is 17.2 Å².